The molecular formula is C25H20F3NO. The van der Waals surface area contributed by atoms with Crippen LogP contribution in [-0.4, -0.2) is 4.98 Å². The van der Waals surface area contributed by atoms with Crippen molar-refractivity contribution in [1.82, 2.24) is 4.98 Å². The SMILES string of the molecule is Cc1cccc(C)c1COc1cccc(-c2ccnc3c(C(F)(F)F)cccc23)c1. The molecule has 30 heavy (non-hydrogen) atoms. The zero-order chi connectivity index (χ0) is 21.3. The summed E-state index contributed by atoms with van der Waals surface area (Å²) in [6.07, 6.45) is -3.04. The molecule has 3 aromatic carbocycles. The minimum atomic E-state index is -4.46. The molecule has 0 unspecified atom stereocenters. The quantitative estimate of drug-likeness (QED) is 0.359. The summed E-state index contributed by atoms with van der Waals surface area (Å²) in [4.78, 5) is 4.00. The van der Waals surface area contributed by atoms with Gasteiger partial charge in [0.15, 0.2) is 0 Å². The number of hydrogen-bond acceptors (Lipinski definition) is 2. The number of rotatable bonds is 4. The van der Waals surface area contributed by atoms with E-state index in [4.69, 9.17) is 4.74 Å². The second-order valence-electron chi connectivity index (χ2n) is 7.24. The van der Waals surface area contributed by atoms with Crippen molar-refractivity contribution in [2.75, 3.05) is 0 Å². The highest BCUT2D eigenvalue weighted by molar-refractivity contribution is 5.96. The summed E-state index contributed by atoms with van der Waals surface area (Å²) in [7, 11) is 0. The van der Waals surface area contributed by atoms with Crippen LogP contribution in [-0.2, 0) is 12.8 Å². The van der Waals surface area contributed by atoms with Gasteiger partial charge in [-0.05, 0) is 65.9 Å². The fraction of sp³-hybridized carbons (Fsp3) is 0.160. The van der Waals surface area contributed by atoms with Crippen LogP contribution < -0.4 is 4.74 Å². The number of benzene rings is 3. The third-order valence-electron chi connectivity index (χ3n) is 5.25. The highest BCUT2D eigenvalue weighted by Crippen LogP contribution is 2.37. The van der Waals surface area contributed by atoms with Gasteiger partial charge in [-0.3, -0.25) is 4.98 Å². The van der Waals surface area contributed by atoms with Gasteiger partial charge in [0.25, 0.3) is 0 Å². The summed E-state index contributed by atoms with van der Waals surface area (Å²) >= 11 is 0. The Kier molecular flexibility index (Phi) is 5.20. The molecule has 1 heterocycles. The number of halogens is 3. The molecule has 4 rings (SSSR count). The monoisotopic (exact) mass is 407 g/mol. The lowest BCUT2D eigenvalue weighted by Gasteiger charge is -2.14. The van der Waals surface area contributed by atoms with Gasteiger partial charge in [0.05, 0.1) is 11.1 Å². The Bertz CT molecular complexity index is 1190. The molecular weight excluding hydrogens is 387 g/mol. The van der Waals surface area contributed by atoms with E-state index >= 15 is 0 Å². The maximum absolute atomic E-state index is 13.4. The van der Waals surface area contributed by atoms with Gasteiger partial charge < -0.3 is 4.74 Å². The van der Waals surface area contributed by atoms with Crippen molar-refractivity contribution < 1.29 is 17.9 Å². The molecule has 0 amide bonds. The Hall–Kier alpha value is -3.34. The highest BCUT2D eigenvalue weighted by atomic mass is 19.4. The molecule has 0 radical (unpaired) electrons. The summed E-state index contributed by atoms with van der Waals surface area (Å²) in [5.74, 6) is 0.659. The van der Waals surface area contributed by atoms with E-state index in [9.17, 15) is 13.2 Å². The zero-order valence-electron chi connectivity index (χ0n) is 16.6. The van der Waals surface area contributed by atoms with Crippen LogP contribution in [0.2, 0.25) is 0 Å². The van der Waals surface area contributed by atoms with Crippen molar-refractivity contribution in [3.63, 3.8) is 0 Å². The van der Waals surface area contributed by atoms with Crippen LogP contribution in [0.5, 0.6) is 5.75 Å². The van der Waals surface area contributed by atoms with Gasteiger partial charge in [-0.15, -0.1) is 0 Å². The first-order valence-electron chi connectivity index (χ1n) is 9.58. The average Bonchev–Trinajstić information content (AvgIpc) is 2.72. The molecule has 0 atom stereocenters. The number of hydrogen-bond donors (Lipinski definition) is 0. The smallest absolute Gasteiger partial charge is 0.418 e. The van der Waals surface area contributed by atoms with Gasteiger partial charge >= 0.3 is 6.18 Å². The van der Waals surface area contributed by atoms with Crippen LogP contribution in [0.1, 0.15) is 22.3 Å². The molecule has 0 saturated heterocycles. The molecule has 0 aliphatic carbocycles. The first kappa shape index (κ1) is 20.0. The molecule has 0 N–H and O–H groups in total. The fourth-order valence-electron chi connectivity index (χ4n) is 3.64. The third-order valence-corrected chi connectivity index (χ3v) is 5.25. The van der Waals surface area contributed by atoms with Crippen molar-refractivity contribution in [3.05, 3.63) is 95.2 Å². The molecule has 152 valence electrons. The molecule has 0 aliphatic rings. The Balaban J connectivity index is 1.70. The largest absolute Gasteiger partial charge is 0.489 e. The van der Waals surface area contributed by atoms with Crippen molar-refractivity contribution >= 4 is 10.9 Å². The normalized spacial score (nSPS) is 11.6. The van der Waals surface area contributed by atoms with Crippen molar-refractivity contribution in [3.8, 4) is 16.9 Å². The number of ether oxygens (including phenoxy) is 1. The number of aromatic nitrogens is 1. The second kappa shape index (κ2) is 7.82. The first-order chi connectivity index (χ1) is 14.3. The summed E-state index contributed by atoms with van der Waals surface area (Å²) in [5, 5.41) is 0.458. The van der Waals surface area contributed by atoms with E-state index in [0.29, 0.717) is 23.3 Å². The van der Waals surface area contributed by atoms with E-state index < -0.39 is 11.7 Å². The lowest BCUT2D eigenvalue weighted by molar-refractivity contribution is -0.136. The molecule has 4 aromatic rings. The third kappa shape index (κ3) is 3.88. The van der Waals surface area contributed by atoms with E-state index in [1.165, 1.54) is 12.3 Å². The molecule has 1 aromatic heterocycles. The highest BCUT2D eigenvalue weighted by Gasteiger charge is 2.33. The molecule has 0 fully saturated rings. The number of alkyl halides is 3. The minimum absolute atomic E-state index is 0.0515. The first-order valence-corrected chi connectivity index (χ1v) is 9.58. The van der Waals surface area contributed by atoms with E-state index in [1.54, 1.807) is 12.1 Å². The Morgan fingerprint density at radius 3 is 2.30 bits per heavy atom. The standard InChI is InChI=1S/C25H20F3NO/c1-16-6-3-7-17(2)22(16)15-30-19-9-4-8-18(14-19)20-12-13-29-24-21(20)10-5-11-23(24)25(26,27)28/h3-14H,15H2,1-2H3. The van der Waals surface area contributed by atoms with Crippen LogP contribution in [0.25, 0.3) is 22.0 Å². The molecule has 0 bridgehead atoms. The number of pyridine rings is 1. The van der Waals surface area contributed by atoms with Gasteiger partial charge in [0.1, 0.15) is 12.4 Å². The lowest BCUT2D eigenvalue weighted by Crippen LogP contribution is -2.06. The summed E-state index contributed by atoms with van der Waals surface area (Å²) in [6, 6.07) is 19.4. The van der Waals surface area contributed by atoms with E-state index in [2.05, 4.69) is 4.98 Å². The van der Waals surface area contributed by atoms with Gasteiger partial charge in [-0.2, -0.15) is 13.2 Å². The number of fused-ring (bicyclic) bond motifs is 1. The summed E-state index contributed by atoms with van der Waals surface area (Å²) in [5.41, 5.74) is 4.13. The molecule has 0 spiro atoms. The Labute approximate surface area is 173 Å². The van der Waals surface area contributed by atoms with Gasteiger partial charge in [0, 0.05) is 11.6 Å². The second-order valence-corrected chi connectivity index (χ2v) is 7.24. The number of nitrogens with zero attached hydrogens (tertiary/aromatic N) is 1. The predicted octanol–water partition coefficient (Wildman–Crippen LogP) is 7.12. The van der Waals surface area contributed by atoms with E-state index in [1.807, 2.05) is 56.3 Å². The van der Waals surface area contributed by atoms with Gasteiger partial charge in [-0.1, -0.05) is 42.5 Å². The van der Waals surface area contributed by atoms with E-state index in [0.717, 1.165) is 28.3 Å². The topological polar surface area (TPSA) is 22.1 Å². The summed E-state index contributed by atoms with van der Waals surface area (Å²) in [6.45, 7) is 4.52. The van der Waals surface area contributed by atoms with Crippen LogP contribution in [0.3, 0.4) is 0 Å². The molecule has 0 aliphatic heterocycles. The van der Waals surface area contributed by atoms with Crippen molar-refractivity contribution in [2.45, 2.75) is 26.6 Å². The van der Waals surface area contributed by atoms with E-state index in [-0.39, 0.29) is 5.52 Å². The summed E-state index contributed by atoms with van der Waals surface area (Å²) < 4.78 is 46.2. The van der Waals surface area contributed by atoms with Crippen LogP contribution in [0, 0.1) is 13.8 Å². The van der Waals surface area contributed by atoms with Crippen molar-refractivity contribution in [2.24, 2.45) is 0 Å². The van der Waals surface area contributed by atoms with Crippen LogP contribution in [0.4, 0.5) is 13.2 Å². The average molecular weight is 407 g/mol. The number of para-hydroxylation sites is 1. The Morgan fingerprint density at radius 2 is 1.57 bits per heavy atom. The van der Waals surface area contributed by atoms with Crippen molar-refractivity contribution in [1.29, 1.82) is 0 Å². The molecule has 5 heteroatoms. The lowest BCUT2D eigenvalue weighted by atomic mass is 9.99. The van der Waals surface area contributed by atoms with Gasteiger partial charge in [0.2, 0.25) is 0 Å². The maximum Gasteiger partial charge on any atom is 0.418 e. The van der Waals surface area contributed by atoms with Crippen LogP contribution in [0.15, 0.2) is 72.9 Å². The van der Waals surface area contributed by atoms with Crippen LogP contribution >= 0.6 is 0 Å². The fourth-order valence-corrected chi connectivity index (χ4v) is 3.64. The number of aryl methyl sites for hydroxylation is 2. The molecule has 2 nitrogen and oxygen atoms in total. The predicted molar refractivity (Wildman–Crippen MR) is 112 cm³/mol. The zero-order valence-corrected chi connectivity index (χ0v) is 16.6. The minimum Gasteiger partial charge on any atom is -0.489 e. The van der Waals surface area contributed by atoms with Gasteiger partial charge in [-0.25, -0.2) is 0 Å². The molecule has 0 saturated carbocycles. The Morgan fingerprint density at radius 1 is 0.867 bits per heavy atom. The maximum atomic E-state index is 13.4.